The highest BCUT2D eigenvalue weighted by Crippen LogP contribution is 2.25. The van der Waals surface area contributed by atoms with Gasteiger partial charge in [0.2, 0.25) is 0 Å². The number of fused-ring (bicyclic) bond motifs is 1. The van der Waals surface area contributed by atoms with Crippen LogP contribution in [0.1, 0.15) is 5.56 Å². The first kappa shape index (κ1) is 12.5. The van der Waals surface area contributed by atoms with E-state index >= 15 is 0 Å². The minimum Gasteiger partial charge on any atom is -0.343 e. The van der Waals surface area contributed by atoms with Crippen LogP contribution in [0.2, 0.25) is 10.0 Å². The number of benzene rings is 2. The van der Waals surface area contributed by atoms with Crippen molar-refractivity contribution in [3.63, 3.8) is 0 Å². The van der Waals surface area contributed by atoms with Gasteiger partial charge in [0.15, 0.2) is 0 Å². The first-order valence-electron chi connectivity index (χ1n) is 5.82. The highest BCUT2D eigenvalue weighted by atomic mass is 35.5. The van der Waals surface area contributed by atoms with E-state index < -0.39 is 0 Å². The lowest BCUT2D eigenvalue weighted by molar-refractivity contribution is 0.602. The molecule has 4 heteroatoms. The number of rotatable bonds is 2. The van der Waals surface area contributed by atoms with Gasteiger partial charge >= 0.3 is 0 Å². The van der Waals surface area contributed by atoms with Crippen LogP contribution in [0.25, 0.3) is 10.9 Å². The molecule has 0 fully saturated rings. The van der Waals surface area contributed by atoms with Gasteiger partial charge in [-0.2, -0.15) is 0 Å². The molecule has 1 aromatic heterocycles. The Morgan fingerprint density at radius 3 is 2.74 bits per heavy atom. The van der Waals surface area contributed by atoms with Crippen molar-refractivity contribution in [2.75, 3.05) is 0 Å². The van der Waals surface area contributed by atoms with Gasteiger partial charge in [-0.1, -0.05) is 29.3 Å². The molecule has 0 atom stereocenters. The molecule has 19 heavy (non-hydrogen) atoms. The van der Waals surface area contributed by atoms with Crippen LogP contribution in [0.5, 0.6) is 0 Å². The molecule has 0 radical (unpaired) electrons. The second-order valence-electron chi connectivity index (χ2n) is 4.35. The molecule has 0 unspecified atom stereocenters. The summed E-state index contributed by atoms with van der Waals surface area (Å²) < 4.78 is 15.7. The Bertz CT molecular complexity index is 749. The lowest BCUT2D eigenvalue weighted by atomic mass is 10.2. The third-order valence-electron chi connectivity index (χ3n) is 3.11. The molecule has 0 amide bonds. The summed E-state index contributed by atoms with van der Waals surface area (Å²) in [5.41, 5.74) is 1.54. The van der Waals surface area contributed by atoms with Crippen LogP contribution in [-0.4, -0.2) is 4.57 Å². The van der Waals surface area contributed by atoms with E-state index in [-0.39, 0.29) is 5.82 Å². The molecule has 0 saturated heterocycles. The quantitative estimate of drug-likeness (QED) is 0.617. The van der Waals surface area contributed by atoms with Crippen LogP contribution in [0.4, 0.5) is 4.39 Å². The zero-order valence-electron chi connectivity index (χ0n) is 9.91. The summed E-state index contributed by atoms with van der Waals surface area (Å²) in [6.45, 7) is 0.427. The van der Waals surface area contributed by atoms with Gasteiger partial charge < -0.3 is 4.57 Å². The SMILES string of the molecule is Fc1ccc(Cl)cc1Cn1ccc2c(Cl)cccc21. The van der Waals surface area contributed by atoms with E-state index in [1.165, 1.54) is 6.07 Å². The first-order valence-corrected chi connectivity index (χ1v) is 6.58. The third kappa shape index (κ3) is 2.34. The van der Waals surface area contributed by atoms with Crippen LogP contribution in [0, 0.1) is 5.82 Å². The largest absolute Gasteiger partial charge is 0.343 e. The van der Waals surface area contributed by atoms with E-state index in [2.05, 4.69) is 0 Å². The first-order chi connectivity index (χ1) is 9.15. The lowest BCUT2D eigenvalue weighted by Gasteiger charge is -2.07. The molecular formula is C15H10Cl2FN. The third-order valence-corrected chi connectivity index (χ3v) is 3.67. The molecule has 0 bridgehead atoms. The molecule has 0 saturated carbocycles. The van der Waals surface area contributed by atoms with Gasteiger partial charge in [-0.25, -0.2) is 4.39 Å². The molecule has 0 N–H and O–H groups in total. The second-order valence-corrected chi connectivity index (χ2v) is 5.20. The summed E-state index contributed by atoms with van der Waals surface area (Å²) in [4.78, 5) is 0. The van der Waals surface area contributed by atoms with Crippen LogP contribution in [0.3, 0.4) is 0 Å². The molecule has 3 aromatic rings. The zero-order chi connectivity index (χ0) is 13.4. The van der Waals surface area contributed by atoms with E-state index in [0.29, 0.717) is 22.2 Å². The molecule has 0 aliphatic carbocycles. The number of halogens is 3. The van der Waals surface area contributed by atoms with E-state index in [9.17, 15) is 4.39 Å². The monoisotopic (exact) mass is 293 g/mol. The van der Waals surface area contributed by atoms with Crippen molar-refractivity contribution in [3.8, 4) is 0 Å². The molecular weight excluding hydrogens is 284 g/mol. The minimum atomic E-state index is -0.256. The Labute approximate surface area is 120 Å². The summed E-state index contributed by atoms with van der Waals surface area (Å²) in [5, 5.41) is 2.19. The van der Waals surface area contributed by atoms with Gasteiger partial charge in [0.25, 0.3) is 0 Å². The van der Waals surface area contributed by atoms with Crippen LogP contribution in [0.15, 0.2) is 48.7 Å². The summed E-state index contributed by atoms with van der Waals surface area (Å²) in [6, 6.07) is 12.2. The Morgan fingerprint density at radius 1 is 1.05 bits per heavy atom. The summed E-state index contributed by atoms with van der Waals surface area (Å²) in [6.07, 6.45) is 1.90. The number of nitrogens with zero attached hydrogens (tertiary/aromatic N) is 1. The highest BCUT2D eigenvalue weighted by molar-refractivity contribution is 6.35. The minimum absolute atomic E-state index is 0.256. The fraction of sp³-hybridized carbons (Fsp3) is 0.0667. The topological polar surface area (TPSA) is 4.93 Å². The standard InChI is InChI=1S/C15H10Cl2FN/c16-11-4-5-14(18)10(8-11)9-19-7-6-12-13(17)2-1-3-15(12)19/h1-8H,9H2. The van der Waals surface area contributed by atoms with Crippen molar-refractivity contribution in [3.05, 3.63) is 70.1 Å². The van der Waals surface area contributed by atoms with E-state index in [1.807, 2.05) is 35.0 Å². The van der Waals surface area contributed by atoms with Crippen molar-refractivity contribution in [2.45, 2.75) is 6.54 Å². The Kier molecular flexibility index (Phi) is 3.21. The smallest absolute Gasteiger partial charge is 0.128 e. The molecule has 96 valence electrons. The molecule has 1 heterocycles. The number of hydrogen-bond acceptors (Lipinski definition) is 0. The Morgan fingerprint density at radius 2 is 1.89 bits per heavy atom. The van der Waals surface area contributed by atoms with Crippen LogP contribution in [-0.2, 0) is 6.54 Å². The van der Waals surface area contributed by atoms with Crippen molar-refractivity contribution in [1.29, 1.82) is 0 Å². The van der Waals surface area contributed by atoms with E-state index in [0.717, 1.165) is 10.9 Å². The summed E-state index contributed by atoms with van der Waals surface area (Å²) >= 11 is 12.0. The molecule has 3 rings (SSSR count). The van der Waals surface area contributed by atoms with Gasteiger partial charge in [-0.15, -0.1) is 0 Å². The maximum absolute atomic E-state index is 13.7. The summed E-state index contributed by atoms with van der Waals surface area (Å²) in [7, 11) is 0. The Balaban J connectivity index is 2.06. The molecule has 1 nitrogen and oxygen atoms in total. The predicted molar refractivity (Wildman–Crippen MR) is 77.5 cm³/mol. The predicted octanol–water partition coefficient (Wildman–Crippen LogP) is 5.14. The number of aromatic nitrogens is 1. The highest BCUT2D eigenvalue weighted by Gasteiger charge is 2.08. The number of hydrogen-bond donors (Lipinski definition) is 0. The summed E-state index contributed by atoms with van der Waals surface area (Å²) in [5.74, 6) is -0.256. The molecule has 0 spiro atoms. The Hall–Kier alpha value is -1.51. The van der Waals surface area contributed by atoms with Gasteiger partial charge in [0.1, 0.15) is 5.82 Å². The van der Waals surface area contributed by atoms with Crippen molar-refractivity contribution in [2.24, 2.45) is 0 Å². The van der Waals surface area contributed by atoms with Gasteiger partial charge in [-0.3, -0.25) is 0 Å². The maximum Gasteiger partial charge on any atom is 0.128 e. The molecule has 0 aliphatic heterocycles. The molecule has 0 aliphatic rings. The van der Waals surface area contributed by atoms with E-state index in [1.54, 1.807) is 12.1 Å². The normalized spacial score (nSPS) is 11.1. The molecule has 2 aromatic carbocycles. The second kappa shape index (κ2) is 4.87. The van der Waals surface area contributed by atoms with Crippen LogP contribution < -0.4 is 0 Å². The van der Waals surface area contributed by atoms with Gasteiger partial charge in [0.05, 0.1) is 6.54 Å². The lowest BCUT2D eigenvalue weighted by Crippen LogP contribution is -2.00. The van der Waals surface area contributed by atoms with Crippen molar-refractivity contribution in [1.82, 2.24) is 4.57 Å². The zero-order valence-corrected chi connectivity index (χ0v) is 11.4. The fourth-order valence-corrected chi connectivity index (χ4v) is 2.60. The van der Waals surface area contributed by atoms with Gasteiger partial charge in [0, 0.05) is 32.7 Å². The van der Waals surface area contributed by atoms with Crippen LogP contribution >= 0.6 is 23.2 Å². The van der Waals surface area contributed by atoms with E-state index in [4.69, 9.17) is 23.2 Å². The van der Waals surface area contributed by atoms with Crippen molar-refractivity contribution >= 4 is 34.1 Å². The fourth-order valence-electron chi connectivity index (χ4n) is 2.17. The van der Waals surface area contributed by atoms with Gasteiger partial charge in [-0.05, 0) is 36.4 Å². The average Bonchev–Trinajstić information content (AvgIpc) is 2.79. The maximum atomic E-state index is 13.7. The van der Waals surface area contributed by atoms with Crippen molar-refractivity contribution < 1.29 is 4.39 Å². The average molecular weight is 294 g/mol.